The molecular weight excluding hydrogens is 344 g/mol. The van der Waals surface area contributed by atoms with Gasteiger partial charge in [0.2, 0.25) is 0 Å². The molecule has 4 heteroatoms. The fraction of sp³-hybridized carbons (Fsp3) is 0. The Morgan fingerprint density at radius 3 is 1.32 bits per heavy atom. The van der Waals surface area contributed by atoms with Gasteiger partial charge < -0.3 is 0 Å². The first kappa shape index (κ1) is 14.2. The summed E-state index contributed by atoms with van der Waals surface area (Å²) in [6.45, 7) is 0. The lowest BCUT2D eigenvalue weighted by Crippen LogP contribution is -1.85. The second kappa shape index (κ2) is 6.34. The maximum Gasteiger partial charge on any atom is 0.285 e. The van der Waals surface area contributed by atoms with Gasteiger partial charge in [0.15, 0.2) is 0 Å². The molecule has 0 saturated carbocycles. The molecule has 2 heterocycles. The molecule has 2 aromatic carbocycles. The van der Waals surface area contributed by atoms with Crippen molar-refractivity contribution < 1.29 is 0 Å². The lowest BCUT2D eigenvalue weighted by Gasteiger charge is -2.07. The summed E-state index contributed by atoms with van der Waals surface area (Å²) < 4.78 is 2.72. The van der Waals surface area contributed by atoms with Crippen LogP contribution in [-0.4, -0.2) is 0 Å². The Morgan fingerprint density at radius 2 is 0.955 bits per heavy atom. The molecule has 0 aliphatic carbocycles. The lowest BCUT2D eigenvalue weighted by molar-refractivity contribution is 1.63. The molecule has 4 rings (SSSR count). The van der Waals surface area contributed by atoms with Crippen LogP contribution in [0, 0.1) is 0 Å². The Balaban J connectivity index is 1.95. The molecule has 2 aromatic heterocycles. The number of hydrogen-bond donors (Lipinski definition) is 0. The van der Waals surface area contributed by atoms with Gasteiger partial charge >= 0.3 is 0 Å². The van der Waals surface area contributed by atoms with Gasteiger partial charge in [-0.2, -0.15) is 0 Å². The zero-order valence-corrected chi connectivity index (χ0v) is 14.8. The van der Waals surface area contributed by atoms with E-state index in [4.69, 9.17) is 0 Å². The molecule has 0 saturated heterocycles. The smallest absolute Gasteiger partial charge is 0.0616 e. The molecular formula is C18H12S4+2. The van der Waals surface area contributed by atoms with E-state index in [0.717, 1.165) is 0 Å². The molecule has 0 aliphatic rings. The monoisotopic (exact) mass is 356 g/mol. The summed E-state index contributed by atoms with van der Waals surface area (Å²) in [4.78, 5) is 0. The first-order chi connectivity index (χ1) is 10.9. The maximum absolute atomic E-state index is 2.24. The van der Waals surface area contributed by atoms with Crippen molar-refractivity contribution in [1.29, 1.82) is 0 Å². The first-order valence-corrected chi connectivity index (χ1v) is 10.3. The number of hydrogen-bond acceptors (Lipinski definition) is 2. The fourth-order valence-electron chi connectivity index (χ4n) is 2.46. The van der Waals surface area contributed by atoms with E-state index in [1.54, 1.807) is 0 Å². The van der Waals surface area contributed by atoms with Crippen LogP contribution in [0.15, 0.2) is 70.1 Å². The summed E-state index contributed by atoms with van der Waals surface area (Å²) in [7, 11) is 0. The molecule has 0 atom stereocenters. The maximum atomic E-state index is 2.24. The van der Waals surface area contributed by atoms with E-state index in [1.165, 1.54) is 30.6 Å². The van der Waals surface area contributed by atoms with Crippen LogP contribution >= 0.6 is 45.3 Å². The van der Waals surface area contributed by atoms with Crippen molar-refractivity contribution in [2.75, 3.05) is 0 Å². The van der Waals surface area contributed by atoms with Gasteiger partial charge in [-0.25, -0.2) is 0 Å². The minimum absolute atomic E-state index is 1.32. The predicted molar refractivity (Wildman–Crippen MR) is 103 cm³/mol. The van der Waals surface area contributed by atoms with E-state index in [9.17, 15) is 0 Å². The molecule has 4 aromatic rings. The van der Waals surface area contributed by atoms with Crippen molar-refractivity contribution in [2.24, 2.45) is 0 Å². The summed E-state index contributed by atoms with van der Waals surface area (Å²) in [5.74, 6) is 0. The van der Waals surface area contributed by atoms with Gasteiger partial charge in [0, 0.05) is 0 Å². The van der Waals surface area contributed by atoms with Crippen molar-refractivity contribution in [3.05, 3.63) is 70.1 Å². The van der Waals surface area contributed by atoms with Crippen LogP contribution in [0.2, 0.25) is 0 Å². The Bertz CT molecular complexity index is 801. The van der Waals surface area contributed by atoms with Crippen LogP contribution in [0.1, 0.15) is 0 Å². The Hall–Kier alpha value is -1.46. The van der Waals surface area contributed by atoms with Gasteiger partial charge in [-0.15, -0.1) is 0 Å². The normalized spacial score (nSPS) is 10.7. The summed E-state index contributed by atoms with van der Waals surface area (Å²) in [5.41, 5.74) is 5.29. The third-order valence-electron chi connectivity index (χ3n) is 3.40. The highest BCUT2D eigenvalue weighted by molar-refractivity contribution is 7.34. The highest BCUT2D eigenvalue weighted by atomic mass is 32.2. The topological polar surface area (TPSA) is 0 Å². The van der Waals surface area contributed by atoms with Gasteiger partial charge in [-0.3, -0.25) is 0 Å². The fourth-order valence-corrected chi connectivity index (χ4v) is 6.17. The molecule has 0 radical (unpaired) electrons. The summed E-state index contributed by atoms with van der Waals surface area (Å²) in [6.07, 6.45) is 0. The van der Waals surface area contributed by atoms with Crippen molar-refractivity contribution >= 4 is 45.3 Å². The molecule has 0 nitrogen and oxygen atoms in total. The van der Waals surface area contributed by atoms with Crippen molar-refractivity contribution in [2.45, 2.75) is 0 Å². The SMILES string of the molecule is c1ccc(-c2ccccc2-c2scc[s+]2)c(-c2scc[s+]2)c1. The van der Waals surface area contributed by atoms with Crippen LogP contribution in [0.25, 0.3) is 30.6 Å². The average molecular weight is 357 g/mol. The van der Waals surface area contributed by atoms with Gasteiger partial charge in [-0.1, -0.05) is 36.4 Å². The molecule has 0 bridgehead atoms. The van der Waals surface area contributed by atoms with Crippen LogP contribution in [0.3, 0.4) is 0 Å². The standard InChI is InChI=1S/C18H12S4/c1-3-7-15(17-19-9-10-20-17)13(5-1)14-6-2-4-8-16(14)18-21-11-12-22-18/h1-12H/q+2. The van der Waals surface area contributed by atoms with Crippen molar-refractivity contribution in [1.82, 2.24) is 0 Å². The average Bonchev–Trinajstić information content (AvgIpc) is 3.28. The Labute approximate surface area is 145 Å². The van der Waals surface area contributed by atoms with Crippen LogP contribution in [-0.2, 0) is 0 Å². The largest absolute Gasteiger partial charge is 0.285 e. The number of rotatable bonds is 3. The van der Waals surface area contributed by atoms with Gasteiger partial charge in [0.05, 0.1) is 56.5 Å². The highest BCUT2D eigenvalue weighted by Crippen LogP contribution is 2.42. The first-order valence-electron chi connectivity index (χ1n) is 6.83. The Morgan fingerprint density at radius 1 is 0.545 bits per heavy atom. The van der Waals surface area contributed by atoms with Crippen LogP contribution < -0.4 is 0 Å². The lowest BCUT2D eigenvalue weighted by atomic mass is 9.97. The molecule has 0 aliphatic heterocycles. The predicted octanol–water partition coefficient (Wildman–Crippen LogP) is 7.50. The van der Waals surface area contributed by atoms with Gasteiger partial charge in [-0.05, 0) is 23.3 Å². The highest BCUT2D eigenvalue weighted by Gasteiger charge is 2.21. The second-order valence-electron chi connectivity index (χ2n) is 4.68. The summed E-state index contributed by atoms with van der Waals surface area (Å²) in [5, 5.41) is 8.63. The van der Waals surface area contributed by atoms with E-state index in [-0.39, 0.29) is 0 Å². The molecule has 0 unspecified atom stereocenters. The molecule has 0 amide bonds. The molecule has 0 fully saturated rings. The Kier molecular flexibility index (Phi) is 4.08. The van der Waals surface area contributed by atoms with Crippen molar-refractivity contribution in [3.8, 4) is 30.6 Å². The molecule has 0 N–H and O–H groups in total. The van der Waals surface area contributed by atoms with Crippen LogP contribution in [0.4, 0.5) is 0 Å². The third kappa shape index (κ3) is 2.63. The van der Waals surface area contributed by atoms with Crippen LogP contribution in [0.5, 0.6) is 0 Å². The van der Waals surface area contributed by atoms with Crippen molar-refractivity contribution in [3.63, 3.8) is 0 Å². The van der Waals surface area contributed by atoms with E-state index >= 15 is 0 Å². The minimum atomic E-state index is 1.32. The third-order valence-corrected chi connectivity index (χ3v) is 7.72. The zero-order valence-electron chi connectivity index (χ0n) is 11.6. The second-order valence-corrected chi connectivity index (χ2v) is 8.86. The molecule has 0 spiro atoms. The van der Waals surface area contributed by atoms with Gasteiger partial charge in [0.25, 0.3) is 8.38 Å². The zero-order chi connectivity index (χ0) is 14.8. The quantitative estimate of drug-likeness (QED) is 0.333. The van der Waals surface area contributed by atoms with E-state index in [1.807, 2.05) is 45.3 Å². The minimum Gasteiger partial charge on any atom is -0.0616 e. The van der Waals surface area contributed by atoms with Gasteiger partial charge in [0.1, 0.15) is 21.5 Å². The van der Waals surface area contributed by atoms with E-state index in [0.29, 0.717) is 0 Å². The van der Waals surface area contributed by atoms with E-state index < -0.39 is 0 Å². The summed E-state index contributed by atoms with van der Waals surface area (Å²) >= 11 is 7.25. The molecule has 106 valence electrons. The summed E-state index contributed by atoms with van der Waals surface area (Å²) in [6, 6.07) is 17.4. The number of benzene rings is 2. The van der Waals surface area contributed by atoms with E-state index in [2.05, 4.69) is 70.1 Å². The molecule has 22 heavy (non-hydrogen) atoms.